The van der Waals surface area contributed by atoms with Crippen LogP contribution in [0.1, 0.15) is 10.4 Å². The zero-order chi connectivity index (χ0) is 14.5. The van der Waals surface area contributed by atoms with Gasteiger partial charge in [-0.1, -0.05) is 0 Å². The van der Waals surface area contributed by atoms with Crippen LogP contribution < -0.4 is 4.74 Å². The lowest BCUT2D eigenvalue weighted by molar-refractivity contribution is -0.131. The fraction of sp³-hybridized carbons (Fsp3) is 0.308. The molecule has 1 saturated heterocycles. The molecule has 1 heterocycles. The first-order valence-electron chi connectivity index (χ1n) is 5.90. The molecule has 0 aliphatic carbocycles. The Labute approximate surface area is 115 Å². The van der Waals surface area contributed by atoms with Crippen LogP contribution in [0.15, 0.2) is 24.3 Å². The van der Waals surface area contributed by atoms with Crippen LogP contribution in [0.25, 0.3) is 0 Å². The molecule has 20 heavy (non-hydrogen) atoms. The Balaban J connectivity index is 1.88. The monoisotopic (exact) mass is 279 g/mol. The lowest BCUT2D eigenvalue weighted by Gasteiger charge is -2.10. The zero-order valence-electron chi connectivity index (χ0n) is 10.8. The van der Waals surface area contributed by atoms with Crippen molar-refractivity contribution in [1.82, 2.24) is 4.90 Å². The van der Waals surface area contributed by atoms with Crippen molar-refractivity contribution in [2.45, 2.75) is 0 Å². The summed E-state index contributed by atoms with van der Waals surface area (Å²) in [6.07, 6.45) is -0.713. The van der Waals surface area contributed by atoms with Crippen LogP contribution >= 0.6 is 0 Å². The highest BCUT2D eigenvalue weighted by atomic mass is 16.6. The molecule has 1 aliphatic heterocycles. The van der Waals surface area contributed by atoms with E-state index < -0.39 is 24.6 Å². The fourth-order valence-electron chi connectivity index (χ4n) is 1.64. The van der Waals surface area contributed by atoms with Gasteiger partial charge in [0.25, 0.3) is 5.91 Å². The molecule has 1 fully saturated rings. The number of carbonyl (C=O) groups excluding carboxylic acids is 3. The maximum Gasteiger partial charge on any atom is 0.416 e. The first-order valence-corrected chi connectivity index (χ1v) is 5.90. The smallest absolute Gasteiger partial charge is 0.416 e. The van der Waals surface area contributed by atoms with Gasteiger partial charge in [0.1, 0.15) is 12.4 Å². The number of hydrogen-bond donors (Lipinski definition) is 0. The topological polar surface area (TPSA) is 82.1 Å². The van der Waals surface area contributed by atoms with Gasteiger partial charge in [-0.05, 0) is 24.3 Å². The number of ether oxygens (including phenoxy) is 3. The molecule has 1 aromatic carbocycles. The number of cyclic esters (lactones) is 1. The van der Waals surface area contributed by atoms with Gasteiger partial charge in [-0.3, -0.25) is 4.79 Å². The van der Waals surface area contributed by atoms with E-state index in [0.717, 1.165) is 4.90 Å². The molecule has 0 aromatic heterocycles. The number of rotatable bonds is 4. The fourth-order valence-corrected chi connectivity index (χ4v) is 1.64. The van der Waals surface area contributed by atoms with Crippen molar-refractivity contribution < 1.29 is 28.6 Å². The predicted octanol–water partition coefficient (Wildman–Crippen LogP) is 0.831. The molecule has 0 unspecified atom stereocenters. The molecule has 7 nitrogen and oxygen atoms in total. The van der Waals surface area contributed by atoms with E-state index in [1.54, 1.807) is 12.1 Å². The first kappa shape index (κ1) is 13.9. The molecule has 0 spiro atoms. The van der Waals surface area contributed by atoms with Crippen molar-refractivity contribution in [3.63, 3.8) is 0 Å². The molecule has 106 valence electrons. The van der Waals surface area contributed by atoms with E-state index in [2.05, 4.69) is 4.74 Å². The molecule has 0 radical (unpaired) electrons. The second-order valence-corrected chi connectivity index (χ2v) is 3.96. The van der Waals surface area contributed by atoms with Crippen molar-refractivity contribution in [3.8, 4) is 5.75 Å². The minimum absolute atomic E-state index is 0.164. The summed E-state index contributed by atoms with van der Waals surface area (Å²) in [5, 5.41) is 0. The molecule has 2 amide bonds. The normalized spacial score (nSPS) is 13.8. The van der Waals surface area contributed by atoms with Gasteiger partial charge in [0.15, 0.2) is 6.61 Å². The second-order valence-electron chi connectivity index (χ2n) is 3.96. The van der Waals surface area contributed by atoms with Crippen molar-refractivity contribution in [2.24, 2.45) is 0 Å². The summed E-state index contributed by atoms with van der Waals surface area (Å²) in [6.45, 7) is -0.158. The quantitative estimate of drug-likeness (QED) is 0.759. The van der Waals surface area contributed by atoms with Gasteiger partial charge in [0, 0.05) is 0 Å². The number of methoxy groups -OCH3 is 1. The van der Waals surface area contributed by atoms with E-state index in [-0.39, 0.29) is 13.2 Å². The Bertz CT molecular complexity index is 524. The molecular formula is C13H13NO6. The highest BCUT2D eigenvalue weighted by molar-refractivity contribution is 5.96. The standard InChI is InChI=1S/C13H13NO6/c1-18-10-4-2-9(3-5-10)12(16)20-8-11(15)14-6-7-19-13(14)17/h2-5H,6-8H2,1H3. The number of benzene rings is 1. The maximum absolute atomic E-state index is 11.7. The maximum atomic E-state index is 11.7. The number of nitrogens with zero attached hydrogens (tertiary/aromatic N) is 1. The number of esters is 1. The summed E-state index contributed by atoms with van der Waals surface area (Å²) in [5.74, 6) is -0.639. The molecule has 0 saturated carbocycles. The van der Waals surface area contributed by atoms with E-state index in [1.807, 2.05) is 0 Å². The number of imide groups is 1. The van der Waals surface area contributed by atoms with E-state index in [4.69, 9.17) is 9.47 Å². The van der Waals surface area contributed by atoms with Crippen LogP contribution in [-0.2, 0) is 14.3 Å². The average molecular weight is 279 g/mol. The minimum atomic E-state index is -0.713. The Morgan fingerprint density at radius 2 is 2.00 bits per heavy atom. The third-order valence-electron chi connectivity index (χ3n) is 2.71. The van der Waals surface area contributed by atoms with Crippen LogP contribution in [0.2, 0.25) is 0 Å². The molecule has 0 N–H and O–H groups in total. The van der Waals surface area contributed by atoms with Gasteiger partial charge in [-0.2, -0.15) is 0 Å². The van der Waals surface area contributed by atoms with Gasteiger partial charge in [0.2, 0.25) is 0 Å². The number of amides is 2. The summed E-state index contributed by atoms with van der Waals surface area (Å²) in [7, 11) is 1.52. The van der Waals surface area contributed by atoms with Crippen LogP contribution in [0.5, 0.6) is 5.75 Å². The molecule has 2 rings (SSSR count). The van der Waals surface area contributed by atoms with Crippen molar-refractivity contribution >= 4 is 18.0 Å². The van der Waals surface area contributed by atoms with E-state index >= 15 is 0 Å². The predicted molar refractivity (Wildman–Crippen MR) is 66.3 cm³/mol. The highest BCUT2D eigenvalue weighted by Crippen LogP contribution is 2.12. The molecule has 1 aliphatic rings. The van der Waals surface area contributed by atoms with Crippen molar-refractivity contribution in [2.75, 3.05) is 26.9 Å². The summed E-state index contributed by atoms with van der Waals surface area (Å²) in [4.78, 5) is 35.3. The second kappa shape index (κ2) is 6.05. The highest BCUT2D eigenvalue weighted by Gasteiger charge is 2.28. The molecule has 0 atom stereocenters. The van der Waals surface area contributed by atoms with Gasteiger partial charge >= 0.3 is 12.1 Å². The third kappa shape index (κ3) is 3.05. The Morgan fingerprint density at radius 1 is 1.30 bits per heavy atom. The summed E-state index contributed by atoms with van der Waals surface area (Å²) < 4.78 is 14.4. The average Bonchev–Trinajstić information content (AvgIpc) is 2.90. The van der Waals surface area contributed by atoms with Gasteiger partial charge in [0.05, 0.1) is 19.2 Å². The van der Waals surface area contributed by atoms with Crippen molar-refractivity contribution in [3.05, 3.63) is 29.8 Å². The number of hydrogen-bond acceptors (Lipinski definition) is 6. The molecule has 7 heteroatoms. The van der Waals surface area contributed by atoms with Gasteiger partial charge in [-0.25, -0.2) is 14.5 Å². The van der Waals surface area contributed by atoms with Crippen molar-refractivity contribution in [1.29, 1.82) is 0 Å². The lowest BCUT2D eigenvalue weighted by atomic mass is 10.2. The summed E-state index contributed by atoms with van der Waals surface area (Å²) in [5.41, 5.74) is 0.294. The minimum Gasteiger partial charge on any atom is -0.497 e. The van der Waals surface area contributed by atoms with Gasteiger partial charge < -0.3 is 14.2 Å². The van der Waals surface area contributed by atoms with E-state index in [9.17, 15) is 14.4 Å². The van der Waals surface area contributed by atoms with Gasteiger partial charge in [-0.15, -0.1) is 0 Å². The van der Waals surface area contributed by atoms with Crippen LogP contribution in [0.4, 0.5) is 4.79 Å². The third-order valence-corrected chi connectivity index (χ3v) is 2.71. The van der Waals surface area contributed by atoms with E-state index in [0.29, 0.717) is 11.3 Å². The SMILES string of the molecule is COc1ccc(C(=O)OCC(=O)N2CCOC2=O)cc1. The Hall–Kier alpha value is -2.57. The largest absolute Gasteiger partial charge is 0.497 e. The number of carbonyl (C=O) groups is 3. The van der Waals surface area contributed by atoms with Crippen LogP contribution in [-0.4, -0.2) is 49.7 Å². The zero-order valence-corrected chi connectivity index (χ0v) is 10.8. The summed E-state index contributed by atoms with van der Waals surface area (Å²) in [6, 6.07) is 6.26. The first-order chi connectivity index (χ1) is 9.61. The Kier molecular flexibility index (Phi) is 4.19. The molecule has 0 bridgehead atoms. The lowest BCUT2D eigenvalue weighted by Crippen LogP contribution is -2.35. The van der Waals surface area contributed by atoms with Crippen LogP contribution in [0, 0.1) is 0 Å². The molecular weight excluding hydrogens is 266 g/mol. The van der Waals surface area contributed by atoms with Crippen LogP contribution in [0.3, 0.4) is 0 Å². The Morgan fingerprint density at radius 3 is 2.55 bits per heavy atom. The summed E-state index contributed by atoms with van der Waals surface area (Å²) >= 11 is 0. The molecule has 1 aromatic rings. The van der Waals surface area contributed by atoms with E-state index in [1.165, 1.54) is 19.2 Å².